The Labute approximate surface area is 147 Å². The molecule has 2 aromatic rings. The highest BCUT2D eigenvalue weighted by Gasteiger charge is 2.23. The molecule has 2 unspecified atom stereocenters. The number of carbonyl (C=O) groups excluding carboxylic acids is 1. The number of hydrogen-bond donors (Lipinski definition) is 2. The van der Waals surface area contributed by atoms with Gasteiger partial charge in [0.05, 0.1) is 6.10 Å². The van der Waals surface area contributed by atoms with E-state index in [1.165, 1.54) is 12.1 Å². The Morgan fingerprint density at radius 2 is 2.04 bits per heavy atom. The monoisotopic (exact) mass is 342 g/mol. The van der Waals surface area contributed by atoms with Crippen LogP contribution < -0.4 is 5.32 Å². The molecule has 0 bridgehead atoms. The number of aliphatic hydroxyl groups excluding tert-OH is 1. The predicted octanol–water partition coefficient (Wildman–Crippen LogP) is 3.60. The molecule has 0 saturated carbocycles. The highest BCUT2D eigenvalue weighted by atomic mass is 19.1. The third-order valence-corrected chi connectivity index (χ3v) is 4.55. The minimum absolute atomic E-state index is 0.0113. The molecule has 0 aliphatic carbocycles. The number of β-amino-alcohol motifs (C(OH)–C–C–N with tert-alkyl or cyclic N) is 1. The zero-order valence-electron chi connectivity index (χ0n) is 14.3. The van der Waals surface area contributed by atoms with Crippen molar-refractivity contribution in [3.05, 3.63) is 65.5 Å². The highest BCUT2D eigenvalue weighted by Crippen LogP contribution is 2.22. The molecule has 1 saturated heterocycles. The molecule has 1 heterocycles. The van der Waals surface area contributed by atoms with E-state index in [4.69, 9.17) is 0 Å². The molecule has 4 nitrogen and oxygen atoms in total. The molecule has 1 fully saturated rings. The molecule has 1 aliphatic rings. The molecule has 0 spiro atoms. The minimum Gasteiger partial charge on any atom is -0.391 e. The lowest BCUT2D eigenvalue weighted by Gasteiger charge is -2.30. The Bertz CT molecular complexity index is 733. The number of benzene rings is 2. The normalized spacial score (nSPS) is 18.7. The van der Waals surface area contributed by atoms with Crippen LogP contribution in [0.4, 0.5) is 10.1 Å². The number of halogens is 1. The van der Waals surface area contributed by atoms with Crippen LogP contribution in [0.1, 0.15) is 41.7 Å². The predicted molar refractivity (Wildman–Crippen MR) is 96.0 cm³/mol. The summed E-state index contributed by atoms with van der Waals surface area (Å²) in [4.78, 5) is 14.3. The van der Waals surface area contributed by atoms with Crippen molar-refractivity contribution in [1.82, 2.24) is 4.90 Å². The average Bonchev–Trinajstić information content (AvgIpc) is 2.62. The van der Waals surface area contributed by atoms with Crippen LogP contribution in [0.2, 0.25) is 0 Å². The van der Waals surface area contributed by atoms with E-state index in [2.05, 4.69) is 5.32 Å². The Morgan fingerprint density at radius 3 is 2.76 bits per heavy atom. The lowest BCUT2D eigenvalue weighted by molar-refractivity contribution is 0.0474. The van der Waals surface area contributed by atoms with Crippen LogP contribution in [-0.4, -0.2) is 35.1 Å². The Balaban J connectivity index is 1.70. The molecule has 2 aromatic carbocycles. The lowest BCUT2D eigenvalue weighted by Crippen LogP contribution is -2.42. The Hall–Kier alpha value is -2.40. The molecule has 2 N–H and O–H groups in total. The first-order valence-corrected chi connectivity index (χ1v) is 8.62. The number of nitrogens with zero attached hydrogens (tertiary/aromatic N) is 1. The number of rotatable bonds is 4. The molecule has 0 aromatic heterocycles. The highest BCUT2D eigenvalue weighted by molar-refractivity contribution is 5.95. The van der Waals surface area contributed by atoms with Gasteiger partial charge in [-0.3, -0.25) is 4.79 Å². The SMILES string of the molecule is CC(Nc1cccc(C(=O)N2CCCC(O)C2)c1)c1ccc(F)cc1. The molecular formula is C20H23FN2O2. The van der Waals surface area contributed by atoms with Crippen LogP contribution >= 0.6 is 0 Å². The Morgan fingerprint density at radius 1 is 1.28 bits per heavy atom. The van der Waals surface area contributed by atoms with Crippen LogP contribution in [0, 0.1) is 5.82 Å². The van der Waals surface area contributed by atoms with Gasteiger partial charge in [-0.05, 0) is 55.7 Å². The summed E-state index contributed by atoms with van der Waals surface area (Å²) in [6, 6.07) is 13.7. The summed E-state index contributed by atoms with van der Waals surface area (Å²) in [5.74, 6) is -0.316. The molecule has 132 valence electrons. The molecule has 1 amide bonds. The fourth-order valence-electron chi connectivity index (χ4n) is 3.15. The molecule has 0 radical (unpaired) electrons. The van der Waals surface area contributed by atoms with Crippen molar-refractivity contribution in [3.63, 3.8) is 0 Å². The third kappa shape index (κ3) is 4.37. The van der Waals surface area contributed by atoms with E-state index in [0.29, 0.717) is 18.7 Å². The lowest BCUT2D eigenvalue weighted by atomic mass is 10.1. The fourth-order valence-corrected chi connectivity index (χ4v) is 3.15. The van der Waals surface area contributed by atoms with Crippen LogP contribution in [0.5, 0.6) is 0 Å². The number of aliphatic hydroxyl groups is 1. The van der Waals surface area contributed by atoms with E-state index in [0.717, 1.165) is 24.1 Å². The van der Waals surface area contributed by atoms with Gasteiger partial charge in [0.15, 0.2) is 0 Å². The van der Waals surface area contributed by atoms with E-state index >= 15 is 0 Å². The van der Waals surface area contributed by atoms with Crippen LogP contribution in [0.25, 0.3) is 0 Å². The van der Waals surface area contributed by atoms with Crippen molar-refractivity contribution >= 4 is 11.6 Å². The van der Waals surface area contributed by atoms with Crippen molar-refractivity contribution in [2.45, 2.75) is 31.9 Å². The molecule has 5 heteroatoms. The first kappa shape index (κ1) is 17.4. The Kier molecular flexibility index (Phi) is 5.34. The number of anilines is 1. The van der Waals surface area contributed by atoms with Crippen molar-refractivity contribution in [2.75, 3.05) is 18.4 Å². The van der Waals surface area contributed by atoms with Gasteiger partial charge in [-0.1, -0.05) is 18.2 Å². The number of likely N-dealkylation sites (tertiary alicyclic amines) is 1. The van der Waals surface area contributed by atoms with Crippen molar-refractivity contribution in [1.29, 1.82) is 0 Å². The first-order chi connectivity index (χ1) is 12.0. The number of piperidine rings is 1. The van der Waals surface area contributed by atoms with Crippen LogP contribution in [0.15, 0.2) is 48.5 Å². The van der Waals surface area contributed by atoms with Crippen molar-refractivity contribution < 1.29 is 14.3 Å². The zero-order chi connectivity index (χ0) is 17.8. The maximum Gasteiger partial charge on any atom is 0.254 e. The molecule has 2 atom stereocenters. The largest absolute Gasteiger partial charge is 0.391 e. The number of amides is 1. The van der Waals surface area contributed by atoms with E-state index in [1.807, 2.05) is 25.1 Å². The van der Waals surface area contributed by atoms with E-state index in [1.54, 1.807) is 23.1 Å². The van der Waals surface area contributed by atoms with Gasteiger partial charge in [-0.2, -0.15) is 0 Å². The summed E-state index contributed by atoms with van der Waals surface area (Å²) in [5, 5.41) is 13.1. The maximum absolute atomic E-state index is 13.0. The summed E-state index contributed by atoms with van der Waals surface area (Å²) >= 11 is 0. The molecule has 3 rings (SSSR count). The smallest absolute Gasteiger partial charge is 0.254 e. The van der Waals surface area contributed by atoms with Gasteiger partial charge in [0.1, 0.15) is 5.82 Å². The van der Waals surface area contributed by atoms with Gasteiger partial charge in [-0.15, -0.1) is 0 Å². The molecule has 1 aliphatic heterocycles. The number of nitrogens with one attached hydrogen (secondary N) is 1. The summed E-state index contributed by atoms with van der Waals surface area (Å²) in [7, 11) is 0. The minimum atomic E-state index is -0.433. The third-order valence-electron chi connectivity index (χ3n) is 4.55. The topological polar surface area (TPSA) is 52.6 Å². The van der Waals surface area contributed by atoms with Gasteiger partial charge in [0, 0.05) is 30.4 Å². The zero-order valence-corrected chi connectivity index (χ0v) is 14.3. The van der Waals surface area contributed by atoms with Gasteiger partial charge in [-0.25, -0.2) is 4.39 Å². The molecule has 25 heavy (non-hydrogen) atoms. The maximum atomic E-state index is 13.0. The standard InChI is InChI=1S/C20H23FN2O2/c1-14(15-7-9-17(21)10-8-15)22-18-5-2-4-16(12-18)20(25)23-11-3-6-19(24)13-23/h2,4-5,7-10,12,14,19,22,24H,3,6,11,13H2,1H3. The summed E-state index contributed by atoms with van der Waals surface area (Å²) in [6.07, 6.45) is 1.14. The average molecular weight is 342 g/mol. The second-order valence-corrected chi connectivity index (χ2v) is 6.55. The van der Waals surface area contributed by atoms with Gasteiger partial charge >= 0.3 is 0 Å². The van der Waals surface area contributed by atoms with Crippen LogP contribution in [-0.2, 0) is 0 Å². The summed E-state index contributed by atoms with van der Waals surface area (Å²) in [6.45, 7) is 3.06. The van der Waals surface area contributed by atoms with E-state index < -0.39 is 6.10 Å². The summed E-state index contributed by atoms with van der Waals surface area (Å²) < 4.78 is 13.0. The number of hydrogen-bond acceptors (Lipinski definition) is 3. The van der Waals surface area contributed by atoms with Gasteiger partial charge in [0.2, 0.25) is 0 Å². The fraction of sp³-hybridized carbons (Fsp3) is 0.350. The second-order valence-electron chi connectivity index (χ2n) is 6.55. The van der Waals surface area contributed by atoms with Crippen molar-refractivity contribution in [3.8, 4) is 0 Å². The van der Waals surface area contributed by atoms with E-state index in [-0.39, 0.29) is 17.8 Å². The van der Waals surface area contributed by atoms with Gasteiger partial charge in [0.25, 0.3) is 5.91 Å². The first-order valence-electron chi connectivity index (χ1n) is 8.62. The number of carbonyl (C=O) groups is 1. The quantitative estimate of drug-likeness (QED) is 0.893. The van der Waals surface area contributed by atoms with Crippen LogP contribution in [0.3, 0.4) is 0 Å². The van der Waals surface area contributed by atoms with E-state index in [9.17, 15) is 14.3 Å². The second kappa shape index (κ2) is 7.66. The van der Waals surface area contributed by atoms with Gasteiger partial charge < -0.3 is 15.3 Å². The summed E-state index contributed by atoms with van der Waals surface area (Å²) in [5.41, 5.74) is 2.41. The van der Waals surface area contributed by atoms with Crippen molar-refractivity contribution in [2.24, 2.45) is 0 Å². The molecular weight excluding hydrogens is 319 g/mol.